The zero-order valence-electron chi connectivity index (χ0n) is 16.5. The molecular weight excluding hydrogens is 516 g/mol. The van der Waals surface area contributed by atoms with Gasteiger partial charge in [-0.1, -0.05) is 4.48 Å². The highest BCUT2D eigenvalue weighted by Gasteiger charge is 2.94. The first-order chi connectivity index (χ1) is 14.0. The minimum absolute atomic E-state index is 0.0403. The average Bonchev–Trinajstić information content (AvgIpc) is 2.57. The lowest BCUT2D eigenvalue weighted by Gasteiger charge is -2.41. The Balaban J connectivity index is 6.25. The Bertz CT molecular complexity index is 709. The molecule has 0 radical (unpaired) electrons. The normalized spacial score (nSPS) is 15.6. The fourth-order valence-electron chi connectivity index (χ4n) is 2.04. The van der Waals surface area contributed by atoms with Crippen LogP contribution in [0.1, 0.15) is 6.42 Å². The molecule has 0 saturated heterocycles. The lowest BCUT2D eigenvalue weighted by molar-refractivity contribution is -0.870. The minimum atomic E-state index is -8.53. The Morgan fingerprint density at radius 3 is 1.30 bits per heavy atom. The SMILES string of the molecule is C[N+](C)(C)CCCN(F)C(=O)C(F)(F)C(F)(F)C(F)(F)C(F)(F)C(F)(F)C(F)(F)C(F)(F)F. The number of carbonyl (C=O) groups is 1. The number of hydrogen-bond donors (Lipinski definition) is 0. The molecular formula is C14H15F16N2O+. The van der Waals surface area contributed by atoms with E-state index in [9.17, 15) is 75.1 Å². The summed E-state index contributed by atoms with van der Waals surface area (Å²) >= 11 is 0. The van der Waals surface area contributed by atoms with Crippen LogP contribution in [-0.2, 0) is 4.79 Å². The number of amides is 1. The van der Waals surface area contributed by atoms with Crippen molar-refractivity contribution in [2.24, 2.45) is 0 Å². The molecule has 0 bridgehead atoms. The van der Waals surface area contributed by atoms with Crippen LogP contribution in [-0.4, -0.2) is 91.5 Å². The summed E-state index contributed by atoms with van der Waals surface area (Å²) in [5.74, 6) is -52.8. The summed E-state index contributed by atoms with van der Waals surface area (Å²) in [7, 11) is 4.27. The molecule has 0 heterocycles. The molecule has 0 atom stereocenters. The van der Waals surface area contributed by atoms with Gasteiger partial charge in [-0.25, -0.2) is 0 Å². The Morgan fingerprint density at radius 1 is 0.636 bits per heavy atom. The maximum atomic E-state index is 13.6. The van der Waals surface area contributed by atoms with Gasteiger partial charge in [-0.3, -0.25) is 4.79 Å². The van der Waals surface area contributed by atoms with Gasteiger partial charge in [-0.05, 0) is 0 Å². The Morgan fingerprint density at radius 2 is 0.970 bits per heavy atom. The first-order valence-electron chi connectivity index (χ1n) is 8.16. The molecule has 0 aromatic rings. The van der Waals surface area contributed by atoms with Crippen LogP contribution in [0.15, 0.2) is 0 Å². The zero-order chi connectivity index (χ0) is 27.3. The summed E-state index contributed by atoms with van der Waals surface area (Å²) in [5, 5.41) is -1.85. The largest absolute Gasteiger partial charge is 0.460 e. The van der Waals surface area contributed by atoms with E-state index in [1.165, 1.54) is 21.1 Å². The maximum Gasteiger partial charge on any atom is 0.460 e. The van der Waals surface area contributed by atoms with Crippen LogP contribution in [0.4, 0.5) is 70.3 Å². The molecule has 0 aliphatic heterocycles. The van der Waals surface area contributed by atoms with E-state index in [0.29, 0.717) is 0 Å². The number of carbonyl (C=O) groups excluding carboxylic acids is 1. The number of nitrogens with zero attached hydrogens (tertiary/aromatic N) is 2. The molecule has 33 heavy (non-hydrogen) atoms. The van der Waals surface area contributed by atoms with Gasteiger partial charge in [0.1, 0.15) is 0 Å². The van der Waals surface area contributed by atoms with E-state index in [1.54, 1.807) is 0 Å². The molecule has 1 amide bonds. The van der Waals surface area contributed by atoms with Crippen LogP contribution in [0.5, 0.6) is 0 Å². The van der Waals surface area contributed by atoms with Crippen LogP contribution < -0.4 is 0 Å². The molecule has 0 N–H and O–H groups in total. The predicted molar refractivity (Wildman–Crippen MR) is 76.1 cm³/mol. The second-order valence-corrected chi connectivity index (χ2v) is 7.70. The standard InChI is InChI=1S/C14H15F16N2O/c1-32(2,3)6-4-5-31(30)7(33)8(15,16)9(17,18)10(19,20)11(21,22)12(23,24)13(25,26)14(27,28)29/h4-6H2,1-3H3/q+1. The molecule has 0 spiro atoms. The third-order valence-corrected chi connectivity index (χ3v) is 4.00. The maximum absolute atomic E-state index is 13.6. The van der Waals surface area contributed by atoms with E-state index >= 15 is 0 Å². The summed E-state index contributed by atoms with van der Waals surface area (Å²) in [5.41, 5.74) is 0. The van der Waals surface area contributed by atoms with Crippen molar-refractivity contribution < 1.29 is 79.6 Å². The molecule has 19 heteroatoms. The molecule has 0 aliphatic rings. The highest BCUT2D eigenvalue weighted by atomic mass is 19.4. The minimum Gasteiger partial charge on any atom is -0.331 e. The van der Waals surface area contributed by atoms with Crippen molar-refractivity contribution in [2.75, 3.05) is 34.2 Å². The van der Waals surface area contributed by atoms with Crippen molar-refractivity contribution in [1.82, 2.24) is 5.12 Å². The van der Waals surface area contributed by atoms with Crippen molar-refractivity contribution in [3.63, 3.8) is 0 Å². The van der Waals surface area contributed by atoms with Crippen LogP contribution in [0.2, 0.25) is 0 Å². The third kappa shape index (κ3) is 5.06. The van der Waals surface area contributed by atoms with Gasteiger partial charge in [0, 0.05) is 6.42 Å². The fourth-order valence-corrected chi connectivity index (χ4v) is 2.04. The second-order valence-electron chi connectivity index (χ2n) is 7.70. The lowest BCUT2D eigenvalue weighted by Crippen LogP contribution is -2.73. The van der Waals surface area contributed by atoms with Crippen LogP contribution in [0.25, 0.3) is 0 Å². The summed E-state index contributed by atoms with van der Waals surface area (Å²) in [6.45, 7) is -1.69. The van der Waals surface area contributed by atoms with Gasteiger partial charge in [0.15, 0.2) is 0 Å². The summed E-state index contributed by atoms with van der Waals surface area (Å²) in [6, 6.07) is 0. The Kier molecular flexibility index (Phi) is 8.08. The van der Waals surface area contributed by atoms with Crippen molar-refractivity contribution in [3.8, 4) is 0 Å². The van der Waals surface area contributed by atoms with E-state index in [4.69, 9.17) is 0 Å². The van der Waals surface area contributed by atoms with E-state index in [2.05, 4.69) is 0 Å². The van der Waals surface area contributed by atoms with Crippen molar-refractivity contribution in [3.05, 3.63) is 0 Å². The second kappa shape index (κ2) is 8.51. The molecule has 3 nitrogen and oxygen atoms in total. The molecule has 0 aliphatic carbocycles. The predicted octanol–water partition coefficient (Wildman–Crippen LogP) is 5.17. The highest BCUT2D eigenvalue weighted by Crippen LogP contribution is 2.62. The summed E-state index contributed by atoms with van der Waals surface area (Å²) < 4.78 is 209. The lowest BCUT2D eigenvalue weighted by atomic mass is 9.91. The fraction of sp³-hybridized carbons (Fsp3) is 0.929. The van der Waals surface area contributed by atoms with E-state index in [1.807, 2.05) is 0 Å². The average molecular weight is 531 g/mol. The zero-order valence-corrected chi connectivity index (χ0v) is 16.5. The molecule has 198 valence electrons. The molecule has 0 saturated carbocycles. The Hall–Kier alpha value is -1.69. The van der Waals surface area contributed by atoms with Gasteiger partial charge in [0.2, 0.25) is 0 Å². The highest BCUT2D eigenvalue weighted by molar-refractivity contribution is 5.84. The van der Waals surface area contributed by atoms with E-state index in [0.717, 1.165) is 0 Å². The van der Waals surface area contributed by atoms with Crippen molar-refractivity contribution in [2.45, 2.75) is 48.1 Å². The van der Waals surface area contributed by atoms with Crippen LogP contribution in [0, 0.1) is 0 Å². The molecule has 0 fully saturated rings. The summed E-state index contributed by atoms with van der Waals surface area (Å²) in [4.78, 5) is 11.2. The molecule has 0 aromatic heterocycles. The first kappa shape index (κ1) is 31.3. The third-order valence-electron chi connectivity index (χ3n) is 4.00. The molecule has 0 aromatic carbocycles. The van der Waals surface area contributed by atoms with E-state index in [-0.39, 0.29) is 11.0 Å². The first-order valence-corrected chi connectivity index (χ1v) is 8.16. The number of hydrogen-bond acceptors (Lipinski definition) is 1. The quantitative estimate of drug-likeness (QED) is 0.217. The van der Waals surface area contributed by atoms with Crippen LogP contribution in [0.3, 0.4) is 0 Å². The smallest absolute Gasteiger partial charge is 0.331 e. The van der Waals surface area contributed by atoms with E-state index < -0.39 is 65.7 Å². The van der Waals surface area contributed by atoms with Gasteiger partial charge in [0.25, 0.3) is 0 Å². The van der Waals surface area contributed by atoms with Crippen LogP contribution >= 0.6 is 0 Å². The van der Waals surface area contributed by atoms with Gasteiger partial charge in [-0.2, -0.15) is 71.0 Å². The van der Waals surface area contributed by atoms with Crippen molar-refractivity contribution in [1.29, 1.82) is 0 Å². The van der Waals surface area contributed by atoms with Gasteiger partial charge in [-0.15, -0.1) is 0 Å². The molecule has 0 rings (SSSR count). The Labute approximate surface area is 174 Å². The number of halogens is 16. The van der Waals surface area contributed by atoms with Crippen molar-refractivity contribution >= 4 is 5.91 Å². The van der Waals surface area contributed by atoms with Gasteiger partial charge < -0.3 is 4.48 Å². The number of rotatable bonds is 10. The monoisotopic (exact) mass is 531 g/mol. The molecule has 0 unspecified atom stereocenters. The van der Waals surface area contributed by atoms with Gasteiger partial charge in [0.05, 0.1) is 34.2 Å². The number of quaternary nitrogens is 1. The number of alkyl halides is 15. The summed E-state index contributed by atoms with van der Waals surface area (Å²) in [6.07, 6.45) is -8.35. The van der Waals surface area contributed by atoms with Gasteiger partial charge >= 0.3 is 47.6 Å². The topological polar surface area (TPSA) is 20.3 Å².